The molecule has 0 bridgehead atoms. The third-order valence-corrected chi connectivity index (χ3v) is 8.54. The number of carbonyl (C=O) groups excluding carboxylic acids is 1. The molecule has 0 unspecified atom stereocenters. The highest BCUT2D eigenvalue weighted by Crippen LogP contribution is 2.39. The van der Waals surface area contributed by atoms with Gasteiger partial charge in [0.05, 0.1) is 23.0 Å². The van der Waals surface area contributed by atoms with Crippen LogP contribution in [-0.2, 0) is 0 Å². The molecule has 0 radical (unpaired) electrons. The van der Waals surface area contributed by atoms with E-state index in [0.29, 0.717) is 54.4 Å². The summed E-state index contributed by atoms with van der Waals surface area (Å²) >= 11 is 1.22. The molecule has 0 aliphatic carbocycles. The average Bonchev–Trinajstić information content (AvgIpc) is 3.45. The van der Waals surface area contributed by atoms with E-state index in [9.17, 15) is 18.4 Å². The van der Waals surface area contributed by atoms with Crippen LogP contribution in [0.5, 0.6) is 0 Å². The SMILES string of the molecule is C[C@H]1CN(c2cc(F)c(C3=CCN(c4ncc(C#N)s4)CC3)c(F)c2NC(=O)c2c[nH]c(=O)cc2C(F)F)CCN1C. The maximum atomic E-state index is 16.4. The van der Waals surface area contributed by atoms with Gasteiger partial charge in [-0.05, 0) is 26.0 Å². The van der Waals surface area contributed by atoms with Crippen LogP contribution in [0.1, 0.15) is 46.1 Å². The van der Waals surface area contributed by atoms with E-state index >= 15 is 8.78 Å². The molecule has 1 fully saturated rings. The summed E-state index contributed by atoms with van der Waals surface area (Å²) in [4.78, 5) is 37.5. The van der Waals surface area contributed by atoms with Crippen LogP contribution in [0.4, 0.5) is 34.1 Å². The lowest BCUT2D eigenvalue weighted by Crippen LogP contribution is -2.50. The van der Waals surface area contributed by atoms with Crippen molar-refractivity contribution < 1.29 is 22.4 Å². The summed E-state index contributed by atoms with van der Waals surface area (Å²) in [6.45, 7) is 4.06. The van der Waals surface area contributed by atoms with Gasteiger partial charge >= 0.3 is 0 Å². The van der Waals surface area contributed by atoms with Crippen LogP contribution in [0.3, 0.4) is 0 Å². The molecule has 0 saturated carbocycles. The number of aromatic nitrogens is 2. The number of nitriles is 1. The van der Waals surface area contributed by atoms with Gasteiger partial charge in [-0.15, -0.1) is 0 Å². The Morgan fingerprint density at radius 3 is 2.67 bits per heavy atom. The number of aromatic amines is 1. The van der Waals surface area contributed by atoms with Gasteiger partial charge in [0.15, 0.2) is 10.9 Å². The first kappa shape index (κ1) is 29.3. The normalized spacial score (nSPS) is 17.8. The quantitative estimate of drug-likeness (QED) is 0.398. The van der Waals surface area contributed by atoms with E-state index in [1.807, 2.05) is 24.9 Å². The number of hydrogen-bond donors (Lipinski definition) is 2. The number of pyridine rings is 1. The molecule has 2 aliphatic rings. The van der Waals surface area contributed by atoms with Crippen molar-refractivity contribution >= 4 is 39.3 Å². The summed E-state index contributed by atoms with van der Waals surface area (Å²) in [6.07, 6.45) is 1.11. The summed E-state index contributed by atoms with van der Waals surface area (Å²) in [5.41, 5.74) is -2.32. The molecule has 2 N–H and O–H groups in total. The van der Waals surface area contributed by atoms with Crippen molar-refractivity contribution in [2.24, 2.45) is 0 Å². The predicted molar refractivity (Wildman–Crippen MR) is 152 cm³/mol. The molecule has 9 nitrogen and oxygen atoms in total. The number of benzene rings is 1. The first-order valence-electron chi connectivity index (χ1n) is 13.2. The van der Waals surface area contributed by atoms with Gasteiger partial charge < -0.3 is 25.0 Å². The van der Waals surface area contributed by atoms with Crippen LogP contribution >= 0.6 is 11.3 Å². The maximum Gasteiger partial charge on any atom is 0.264 e. The van der Waals surface area contributed by atoms with Crippen LogP contribution < -0.4 is 20.7 Å². The molecule has 1 atom stereocenters. The molecular formula is C28H27F4N7O2S. The smallest absolute Gasteiger partial charge is 0.264 e. The minimum absolute atomic E-state index is 0.0391. The fourth-order valence-corrected chi connectivity index (χ4v) is 5.86. The Morgan fingerprint density at radius 2 is 2.02 bits per heavy atom. The molecule has 14 heteroatoms. The zero-order chi connectivity index (χ0) is 30.1. The van der Waals surface area contributed by atoms with Gasteiger partial charge in [-0.25, -0.2) is 22.5 Å². The highest BCUT2D eigenvalue weighted by Gasteiger charge is 2.31. The Hall–Kier alpha value is -4.22. The summed E-state index contributed by atoms with van der Waals surface area (Å²) < 4.78 is 59.4. The minimum atomic E-state index is -3.13. The van der Waals surface area contributed by atoms with Gasteiger partial charge in [-0.3, -0.25) is 9.59 Å². The van der Waals surface area contributed by atoms with Crippen molar-refractivity contribution in [1.82, 2.24) is 14.9 Å². The molecule has 4 heterocycles. The van der Waals surface area contributed by atoms with Crippen LogP contribution in [0.2, 0.25) is 0 Å². The molecule has 2 aromatic heterocycles. The lowest BCUT2D eigenvalue weighted by atomic mass is 9.96. The molecule has 42 heavy (non-hydrogen) atoms. The van der Waals surface area contributed by atoms with Crippen molar-refractivity contribution in [3.63, 3.8) is 0 Å². The van der Waals surface area contributed by atoms with Crippen molar-refractivity contribution in [1.29, 1.82) is 5.26 Å². The number of anilines is 3. The number of nitrogens with one attached hydrogen (secondary N) is 2. The van der Waals surface area contributed by atoms with Gasteiger partial charge in [0.25, 0.3) is 12.3 Å². The van der Waals surface area contributed by atoms with E-state index < -0.39 is 40.7 Å². The molecular weight excluding hydrogens is 574 g/mol. The number of rotatable bonds is 6. The van der Waals surface area contributed by atoms with Gasteiger partial charge in [-0.2, -0.15) is 5.26 Å². The highest BCUT2D eigenvalue weighted by atomic mass is 32.1. The van der Waals surface area contributed by atoms with Crippen LogP contribution in [0.25, 0.3) is 5.57 Å². The van der Waals surface area contributed by atoms with E-state index in [2.05, 4.69) is 20.2 Å². The first-order chi connectivity index (χ1) is 20.1. The van der Waals surface area contributed by atoms with Crippen molar-refractivity contribution in [3.8, 4) is 6.07 Å². The van der Waals surface area contributed by atoms with E-state index in [1.54, 1.807) is 11.0 Å². The molecule has 220 valence electrons. The standard InChI is InChI=1S/C28H27F4N7O2S/c1-15-14-39(8-7-37(15)2)21-10-20(29)23(16-3-5-38(6-4-16)28-35-12-17(11-33)42-28)24(30)25(21)36-27(41)19-13-34-22(40)9-18(19)26(31)32/h3,9-10,12-13,15,26H,4-8,14H2,1-2H3,(H,34,40)(H,36,41)/t15-/m0/s1. The van der Waals surface area contributed by atoms with Gasteiger partial charge in [0, 0.05) is 62.7 Å². The van der Waals surface area contributed by atoms with Crippen molar-refractivity contribution in [2.75, 3.05) is 54.9 Å². The monoisotopic (exact) mass is 601 g/mol. The number of thiazole rings is 1. The van der Waals surface area contributed by atoms with Crippen molar-refractivity contribution in [3.05, 3.63) is 74.2 Å². The first-order valence-corrected chi connectivity index (χ1v) is 14.0. The Labute approximate surface area is 242 Å². The summed E-state index contributed by atoms with van der Waals surface area (Å²) in [5, 5.41) is 12.1. The zero-order valence-corrected chi connectivity index (χ0v) is 23.6. The van der Waals surface area contributed by atoms with Gasteiger partial charge in [0.2, 0.25) is 5.56 Å². The summed E-state index contributed by atoms with van der Waals surface area (Å²) in [5.74, 6) is -2.90. The number of amides is 1. The number of alkyl halides is 2. The molecule has 1 saturated heterocycles. The number of piperazine rings is 1. The van der Waals surface area contributed by atoms with E-state index in [1.165, 1.54) is 23.6 Å². The second kappa shape index (κ2) is 11.9. The molecule has 2 aliphatic heterocycles. The van der Waals surface area contributed by atoms with Crippen LogP contribution in [-0.4, -0.2) is 66.6 Å². The number of likely N-dealkylation sites (N-methyl/N-ethyl adjacent to an activating group) is 1. The molecule has 0 spiro atoms. The fraction of sp³-hybridized carbons (Fsp3) is 0.357. The largest absolute Gasteiger partial charge is 0.367 e. The number of halogens is 4. The van der Waals surface area contributed by atoms with Gasteiger partial charge in [-0.1, -0.05) is 17.4 Å². The second-order valence-corrected chi connectivity index (χ2v) is 11.2. The summed E-state index contributed by atoms with van der Waals surface area (Å²) in [7, 11) is 1.93. The third kappa shape index (κ3) is 5.75. The number of H-pyrrole nitrogens is 1. The lowest BCUT2D eigenvalue weighted by molar-refractivity contribution is 0.101. The maximum absolute atomic E-state index is 16.4. The molecule has 1 aromatic carbocycles. The van der Waals surface area contributed by atoms with E-state index in [4.69, 9.17) is 5.26 Å². The Kier molecular flexibility index (Phi) is 8.33. The number of nitrogens with zero attached hydrogens (tertiary/aromatic N) is 5. The lowest BCUT2D eigenvalue weighted by Gasteiger charge is -2.40. The average molecular weight is 602 g/mol. The number of carbonyl (C=O) groups is 1. The Morgan fingerprint density at radius 1 is 1.24 bits per heavy atom. The van der Waals surface area contributed by atoms with Gasteiger partial charge in [0.1, 0.15) is 22.5 Å². The number of hydrogen-bond acceptors (Lipinski definition) is 8. The predicted octanol–water partition coefficient (Wildman–Crippen LogP) is 4.61. The Balaban J connectivity index is 1.54. The second-order valence-electron chi connectivity index (χ2n) is 10.2. The highest BCUT2D eigenvalue weighted by molar-refractivity contribution is 7.16. The van der Waals surface area contributed by atoms with Crippen LogP contribution in [0, 0.1) is 23.0 Å². The fourth-order valence-electron chi connectivity index (χ4n) is 5.11. The third-order valence-electron chi connectivity index (χ3n) is 7.58. The summed E-state index contributed by atoms with van der Waals surface area (Å²) in [6, 6.07) is 3.86. The molecule has 5 rings (SSSR count). The van der Waals surface area contributed by atoms with E-state index in [-0.39, 0.29) is 29.4 Å². The van der Waals surface area contributed by atoms with Crippen LogP contribution in [0.15, 0.2) is 35.4 Å². The molecule has 1 amide bonds. The van der Waals surface area contributed by atoms with Crippen molar-refractivity contribution in [2.45, 2.75) is 25.8 Å². The Bertz CT molecular complexity index is 1650. The van der Waals surface area contributed by atoms with E-state index in [0.717, 1.165) is 6.20 Å². The molecule has 3 aromatic rings. The zero-order valence-electron chi connectivity index (χ0n) is 22.8. The topological polar surface area (TPSA) is 108 Å². The minimum Gasteiger partial charge on any atom is -0.367 e.